The number of carbonyl (C=O) groups is 1. The lowest BCUT2D eigenvalue weighted by Crippen LogP contribution is -2.06. The summed E-state index contributed by atoms with van der Waals surface area (Å²) < 4.78 is -0.315. The van der Waals surface area contributed by atoms with Gasteiger partial charge in [-0.05, 0) is 17.5 Å². The Morgan fingerprint density at radius 3 is 2.00 bits per heavy atom. The Balaban J connectivity index is 2.11. The first-order valence-electron chi connectivity index (χ1n) is 5.62. The fourth-order valence-electron chi connectivity index (χ4n) is 1.74. The van der Waals surface area contributed by atoms with Gasteiger partial charge >= 0.3 is 0 Å². The van der Waals surface area contributed by atoms with Crippen LogP contribution in [0.15, 0.2) is 54.6 Å². The Kier molecular flexibility index (Phi) is 4.72. The van der Waals surface area contributed by atoms with Gasteiger partial charge in [0, 0.05) is 5.56 Å². The van der Waals surface area contributed by atoms with Gasteiger partial charge in [0.2, 0.25) is 0 Å². The van der Waals surface area contributed by atoms with Crippen LogP contribution in [0.4, 0.5) is 0 Å². The summed E-state index contributed by atoms with van der Waals surface area (Å²) in [6.45, 7) is 0. The number of Topliss-reactive ketones (excluding diaryl/α,β-unsaturated/α-hetero) is 1. The molecule has 1 nitrogen and oxygen atoms in total. The zero-order chi connectivity index (χ0) is 13.0. The molecular formula is C15H12Br2O. The molecule has 0 spiro atoms. The highest BCUT2D eigenvalue weighted by Crippen LogP contribution is 2.17. The third-order valence-electron chi connectivity index (χ3n) is 2.69. The van der Waals surface area contributed by atoms with Crippen LogP contribution in [0.1, 0.15) is 21.5 Å². The highest BCUT2D eigenvalue weighted by molar-refractivity contribution is 9.25. The highest BCUT2D eigenvalue weighted by Gasteiger charge is 2.12. The number of hydrogen-bond donors (Lipinski definition) is 0. The molecule has 92 valence electrons. The summed E-state index contributed by atoms with van der Waals surface area (Å²) in [5.41, 5.74) is 3.19. The Morgan fingerprint density at radius 2 is 1.44 bits per heavy atom. The third-order valence-corrected chi connectivity index (χ3v) is 3.52. The summed E-state index contributed by atoms with van der Waals surface area (Å²) >= 11 is 6.43. The van der Waals surface area contributed by atoms with Gasteiger partial charge in [-0.1, -0.05) is 86.5 Å². The maximum absolute atomic E-state index is 11.7. The van der Waals surface area contributed by atoms with E-state index in [1.54, 1.807) is 0 Å². The molecule has 2 rings (SSSR count). The molecule has 2 aromatic rings. The molecule has 0 saturated heterocycles. The van der Waals surface area contributed by atoms with Crippen LogP contribution in [0.2, 0.25) is 0 Å². The number of alkyl halides is 2. The lowest BCUT2D eigenvalue weighted by Gasteiger charge is -2.04. The molecule has 2 aromatic carbocycles. The van der Waals surface area contributed by atoms with Gasteiger partial charge in [-0.25, -0.2) is 0 Å². The second-order valence-electron chi connectivity index (χ2n) is 4.02. The van der Waals surface area contributed by atoms with E-state index in [0.29, 0.717) is 5.56 Å². The van der Waals surface area contributed by atoms with Crippen molar-refractivity contribution < 1.29 is 4.79 Å². The highest BCUT2D eigenvalue weighted by atomic mass is 79.9. The molecule has 0 unspecified atom stereocenters. The van der Waals surface area contributed by atoms with Crippen molar-refractivity contribution in [3.05, 3.63) is 71.3 Å². The predicted molar refractivity (Wildman–Crippen MR) is 81.7 cm³/mol. The topological polar surface area (TPSA) is 17.1 Å². The second-order valence-corrected chi connectivity index (χ2v) is 7.08. The Labute approximate surface area is 123 Å². The molecule has 3 heteroatoms. The first kappa shape index (κ1) is 13.5. The van der Waals surface area contributed by atoms with Crippen LogP contribution in [-0.4, -0.2) is 9.52 Å². The van der Waals surface area contributed by atoms with Gasteiger partial charge in [-0.2, -0.15) is 0 Å². The van der Waals surface area contributed by atoms with Gasteiger partial charge < -0.3 is 0 Å². The minimum atomic E-state index is -0.315. The van der Waals surface area contributed by atoms with Crippen molar-refractivity contribution in [1.29, 1.82) is 0 Å². The van der Waals surface area contributed by atoms with Crippen molar-refractivity contribution in [2.75, 3.05) is 0 Å². The molecule has 0 heterocycles. The summed E-state index contributed by atoms with van der Waals surface area (Å²) in [4.78, 5) is 11.7. The number of benzene rings is 2. The average molecular weight is 368 g/mol. The Morgan fingerprint density at radius 1 is 0.889 bits per heavy atom. The van der Waals surface area contributed by atoms with Crippen molar-refractivity contribution in [2.24, 2.45) is 0 Å². The fourth-order valence-corrected chi connectivity index (χ4v) is 2.27. The zero-order valence-corrected chi connectivity index (χ0v) is 12.8. The summed E-state index contributed by atoms with van der Waals surface area (Å²) in [5, 5.41) is 0. The molecule has 18 heavy (non-hydrogen) atoms. The van der Waals surface area contributed by atoms with Crippen LogP contribution < -0.4 is 0 Å². The van der Waals surface area contributed by atoms with Crippen molar-refractivity contribution >= 4 is 37.6 Å². The molecule has 0 N–H and O–H groups in total. The van der Waals surface area contributed by atoms with E-state index in [1.165, 1.54) is 11.1 Å². The molecule has 0 fully saturated rings. The standard InChI is InChI=1S/C15H12Br2O/c16-15(17)14(18)13-8-6-12(7-9-13)10-11-4-2-1-3-5-11/h1-9,15H,10H2. The lowest BCUT2D eigenvalue weighted by molar-refractivity contribution is 0.101. The summed E-state index contributed by atoms with van der Waals surface area (Å²) in [7, 11) is 0. The number of ketones is 1. The average Bonchev–Trinajstić information content (AvgIpc) is 2.40. The van der Waals surface area contributed by atoms with Crippen LogP contribution in [-0.2, 0) is 6.42 Å². The first-order valence-corrected chi connectivity index (χ1v) is 7.45. The molecule has 0 aliphatic heterocycles. The van der Waals surface area contributed by atoms with Gasteiger partial charge in [-0.15, -0.1) is 0 Å². The summed E-state index contributed by atoms with van der Waals surface area (Å²) in [5.74, 6) is 0.0428. The van der Waals surface area contributed by atoms with Gasteiger partial charge in [0.25, 0.3) is 0 Å². The van der Waals surface area contributed by atoms with Crippen LogP contribution in [0.3, 0.4) is 0 Å². The molecule has 0 amide bonds. The Hall–Kier alpha value is -0.930. The normalized spacial score (nSPS) is 10.6. The largest absolute Gasteiger partial charge is 0.292 e. The molecule has 0 saturated carbocycles. The van der Waals surface area contributed by atoms with Crippen LogP contribution in [0.25, 0.3) is 0 Å². The Bertz CT molecular complexity index is 518. The molecule has 0 aliphatic rings. The van der Waals surface area contributed by atoms with Crippen molar-refractivity contribution in [2.45, 2.75) is 10.2 Å². The molecule has 0 aliphatic carbocycles. The lowest BCUT2D eigenvalue weighted by atomic mass is 10.0. The van der Waals surface area contributed by atoms with Crippen molar-refractivity contribution in [1.82, 2.24) is 0 Å². The molecule has 0 atom stereocenters. The smallest absolute Gasteiger partial charge is 0.187 e. The maximum atomic E-state index is 11.7. The second kappa shape index (κ2) is 6.30. The van der Waals surface area contributed by atoms with E-state index < -0.39 is 0 Å². The van der Waals surface area contributed by atoms with E-state index in [2.05, 4.69) is 44.0 Å². The van der Waals surface area contributed by atoms with E-state index in [-0.39, 0.29) is 9.52 Å². The summed E-state index contributed by atoms with van der Waals surface area (Å²) in [6.07, 6.45) is 0.890. The molecule has 0 bridgehead atoms. The monoisotopic (exact) mass is 366 g/mol. The van der Waals surface area contributed by atoms with E-state index in [4.69, 9.17) is 0 Å². The SMILES string of the molecule is O=C(c1ccc(Cc2ccccc2)cc1)C(Br)Br. The fraction of sp³-hybridized carbons (Fsp3) is 0.133. The number of rotatable bonds is 4. The minimum absolute atomic E-state index is 0.0428. The van der Waals surface area contributed by atoms with Crippen molar-refractivity contribution in [3.63, 3.8) is 0 Å². The zero-order valence-electron chi connectivity index (χ0n) is 9.64. The van der Waals surface area contributed by atoms with Gasteiger partial charge in [-0.3, -0.25) is 4.79 Å². The van der Waals surface area contributed by atoms with Crippen LogP contribution in [0.5, 0.6) is 0 Å². The molecular weight excluding hydrogens is 356 g/mol. The van der Waals surface area contributed by atoms with E-state index in [0.717, 1.165) is 6.42 Å². The molecule has 0 radical (unpaired) electrons. The van der Waals surface area contributed by atoms with Gasteiger partial charge in [0.15, 0.2) is 5.78 Å². The van der Waals surface area contributed by atoms with E-state index in [1.807, 2.05) is 42.5 Å². The predicted octanol–water partition coefficient (Wildman–Crippen LogP) is 4.58. The molecule has 0 aromatic heterocycles. The number of hydrogen-bond acceptors (Lipinski definition) is 1. The minimum Gasteiger partial charge on any atom is -0.292 e. The van der Waals surface area contributed by atoms with E-state index >= 15 is 0 Å². The summed E-state index contributed by atoms with van der Waals surface area (Å²) in [6, 6.07) is 18.0. The van der Waals surface area contributed by atoms with Crippen molar-refractivity contribution in [3.8, 4) is 0 Å². The van der Waals surface area contributed by atoms with Gasteiger partial charge in [0.05, 0.1) is 0 Å². The van der Waals surface area contributed by atoms with Crippen LogP contribution in [0, 0.1) is 0 Å². The quantitative estimate of drug-likeness (QED) is 0.571. The number of carbonyl (C=O) groups excluding carboxylic acids is 1. The first-order chi connectivity index (χ1) is 8.66. The third kappa shape index (κ3) is 3.53. The number of halogens is 2. The maximum Gasteiger partial charge on any atom is 0.187 e. The van der Waals surface area contributed by atoms with Gasteiger partial charge in [0.1, 0.15) is 3.74 Å². The van der Waals surface area contributed by atoms with E-state index in [9.17, 15) is 4.79 Å². The van der Waals surface area contributed by atoms with Crippen LogP contribution >= 0.6 is 31.9 Å².